The molecule has 0 radical (unpaired) electrons. The fourth-order valence-corrected chi connectivity index (χ4v) is 7.70. The predicted molar refractivity (Wildman–Crippen MR) is 306 cm³/mol. The van der Waals surface area contributed by atoms with Crippen LogP contribution in [-0.4, -0.2) is 37.9 Å². The third-order valence-electron chi connectivity index (χ3n) is 12.0. The lowest BCUT2D eigenvalue weighted by molar-refractivity contribution is -0.163. The van der Waals surface area contributed by atoms with Crippen LogP contribution < -0.4 is 0 Å². The van der Waals surface area contributed by atoms with E-state index in [1.54, 1.807) is 0 Å². The highest BCUT2D eigenvalue weighted by Crippen LogP contribution is 2.14. The summed E-state index contributed by atoms with van der Waals surface area (Å²) >= 11 is 0. The average molecular weight is 970 g/mol. The SMILES string of the molecule is CC/C=C\C/C=C\C/C=C\C/C=C\C/C=C\CCCCCC(=O)OCC(COCCCCCCCCCCCC/C=C\C/C=C\CCCCC)OC(=O)CCCCCCC/C=C\C/C=C\C/C=C\CC. The minimum absolute atomic E-state index is 0.0530. The molecule has 70 heavy (non-hydrogen) atoms. The van der Waals surface area contributed by atoms with Crippen molar-refractivity contribution in [2.24, 2.45) is 0 Å². The van der Waals surface area contributed by atoms with Gasteiger partial charge in [-0.25, -0.2) is 0 Å². The third kappa shape index (κ3) is 56.9. The minimum Gasteiger partial charge on any atom is -0.462 e. The Labute approximate surface area is 433 Å². The van der Waals surface area contributed by atoms with E-state index in [1.165, 1.54) is 96.3 Å². The van der Waals surface area contributed by atoms with Gasteiger partial charge in [0.25, 0.3) is 0 Å². The summed E-state index contributed by atoms with van der Waals surface area (Å²) in [6, 6.07) is 0. The molecule has 1 atom stereocenters. The van der Waals surface area contributed by atoms with Gasteiger partial charge in [-0.3, -0.25) is 9.59 Å². The van der Waals surface area contributed by atoms with E-state index in [4.69, 9.17) is 14.2 Å². The van der Waals surface area contributed by atoms with Crippen molar-refractivity contribution in [2.45, 2.75) is 258 Å². The van der Waals surface area contributed by atoms with Gasteiger partial charge in [-0.2, -0.15) is 0 Å². The highest BCUT2D eigenvalue weighted by atomic mass is 16.6. The van der Waals surface area contributed by atoms with Gasteiger partial charge in [0, 0.05) is 19.4 Å². The van der Waals surface area contributed by atoms with Crippen molar-refractivity contribution in [2.75, 3.05) is 19.8 Å². The number of carbonyl (C=O) groups excluding carboxylic acids is 2. The van der Waals surface area contributed by atoms with Gasteiger partial charge in [0.15, 0.2) is 6.10 Å². The van der Waals surface area contributed by atoms with E-state index in [0.717, 1.165) is 122 Å². The number of hydrogen-bond acceptors (Lipinski definition) is 5. The van der Waals surface area contributed by atoms with Crippen LogP contribution in [0.3, 0.4) is 0 Å². The monoisotopic (exact) mass is 969 g/mol. The molecule has 1 unspecified atom stereocenters. The largest absolute Gasteiger partial charge is 0.462 e. The lowest BCUT2D eigenvalue weighted by Gasteiger charge is -2.18. The Morgan fingerprint density at radius 1 is 0.329 bits per heavy atom. The van der Waals surface area contributed by atoms with Crippen LogP contribution in [0.4, 0.5) is 0 Å². The molecule has 0 aromatic rings. The summed E-state index contributed by atoms with van der Waals surface area (Å²) in [7, 11) is 0. The molecule has 0 amide bonds. The van der Waals surface area contributed by atoms with Crippen LogP contribution in [0.15, 0.2) is 122 Å². The van der Waals surface area contributed by atoms with E-state index < -0.39 is 6.10 Å². The maximum Gasteiger partial charge on any atom is 0.306 e. The lowest BCUT2D eigenvalue weighted by atomic mass is 10.1. The van der Waals surface area contributed by atoms with Crippen molar-refractivity contribution in [3.8, 4) is 0 Å². The fourth-order valence-electron chi connectivity index (χ4n) is 7.70. The van der Waals surface area contributed by atoms with Gasteiger partial charge in [-0.15, -0.1) is 0 Å². The van der Waals surface area contributed by atoms with Crippen molar-refractivity contribution in [3.63, 3.8) is 0 Å². The van der Waals surface area contributed by atoms with Gasteiger partial charge < -0.3 is 14.2 Å². The minimum atomic E-state index is -0.570. The first kappa shape index (κ1) is 66.3. The molecule has 0 aliphatic heterocycles. The highest BCUT2D eigenvalue weighted by Gasteiger charge is 2.17. The van der Waals surface area contributed by atoms with E-state index >= 15 is 0 Å². The Balaban J connectivity index is 4.37. The average Bonchev–Trinajstić information content (AvgIpc) is 3.36. The van der Waals surface area contributed by atoms with Gasteiger partial charge in [0.05, 0.1) is 6.61 Å². The maximum atomic E-state index is 12.9. The first-order valence-electron chi connectivity index (χ1n) is 29.1. The van der Waals surface area contributed by atoms with Crippen LogP contribution in [0.2, 0.25) is 0 Å². The summed E-state index contributed by atoms with van der Waals surface area (Å²) in [5, 5.41) is 0. The molecule has 0 heterocycles. The molecule has 0 N–H and O–H groups in total. The summed E-state index contributed by atoms with van der Waals surface area (Å²) in [5.41, 5.74) is 0. The Morgan fingerprint density at radius 2 is 0.643 bits per heavy atom. The molecular weight excluding hydrogens is 861 g/mol. The number of rotatable bonds is 52. The molecule has 0 saturated carbocycles. The zero-order valence-electron chi connectivity index (χ0n) is 45.7. The Kier molecular flexibility index (Phi) is 56.5. The normalized spacial score (nSPS) is 13.1. The molecule has 0 aromatic heterocycles. The summed E-state index contributed by atoms with van der Waals surface area (Å²) in [5.74, 6) is -0.458. The van der Waals surface area contributed by atoms with Crippen molar-refractivity contribution in [1.29, 1.82) is 0 Å². The van der Waals surface area contributed by atoms with Crippen LogP contribution in [0.1, 0.15) is 252 Å². The summed E-state index contributed by atoms with van der Waals surface area (Å²) in [6.07, 6.45) is 83.6. The molecule has 5 heteroatoms. The highest BCUT2D eigenvalue weighted by molar-refractivity contribution is 5.70. The Hall–Kier alpha value is -3.70. The molecule has 0 fully saturated rings. The van der Waals surface area contributed by atoms with Crippen molar-refractivity contribution >= 4 is 11.9 Å². The summed E-state index contributed by atoms with van der Waals surface area (Å²) in [6.45, 7) is 7.52. The topological polar surface area (TPSA) is 61.8 Å². The number of hydrogen-bond donors (Lipinski definition) is 0. The van der Waals surface area contributed by atoms with Gasteiger partial charge in [-0.1, -0.05) is 232 Å². The number of ether oxygens (including phenoxy) is 3. The van der Waals surface area contributed by atoms with Crippen molar-refractivity contribution < 1.29 is 23.8 Å². The second kappa shape index (κ2) is 59.6. The van der Waals surface area contributed by atoms with E-state index in [0.29, 0.717) is 19.4 Å². The second-order valence-corrected chi connectivity index (χ2v) is 18.8. The predicted octanol–water partition coefficient (Wildman–Crippen LogP) is 20.1. The van der Waals surface area contributed by atoms with E-state index in [9.17, 15) is 9.59 Å². The van der Waals surface area contributed by atoms with Crippen LogP contribution in [-0.2, 0) is 23.8 Å². The molecule has 0 saturated heterocycles. The number of allylic oxidation sites excluding steroid dienone is 20. The summed E-state index contributed by atoms with van der Waals surface area (Å²) in [4.78, 5) is 25.5. The van der Waals surface area contributed by atoms with Crippen LogP contribution >= 0.6 is 0 Å². The zero-order valence-corrected chi connectivity index (χ0v) is 45.7. The molecule has 0 aliphatic rings. The number of esters is 2. The first-order chi connectivity index (χ1) is 34.6. The van der Waals surface area contributed by atoms with Gasteiger partial charge in [-0.05, 0) is 128 Å². The molecule has 0 rings (SSSR count). The summed E-state index contributed by atoms with van der Waals surface area (Å²) < 4.78 is 17.4. The Bertz CT molecular complexity index is 1420. The van der Waals surface area contributed by atoms with Crippen LogP contribution in [0.25, 0.3) is 0 Å². The van der Waals surface area contributed by atoms with Crippen molar-refractivity contribution in [1.82, 2.24) is 0 Å². The van der Waals surface area contributed by atoms with E-state index in [2.05, 4.69) is 142 Å². The van der Waals surface area contributed by atoms with Crippen LogP contribution in [0.5, 0.6) is 0 Å². The number of carbonyl (C=O) groups is 2. The van der Waals surface area contributed by atoms with Crippen LogP contribution in [0, 0.1) is 0 Å². The van der Waals surface area contributed by atoms with E-state index in [-0.39, 0.29) is 25.2 Å². The standard InChI is InChI=1S/C65H108O5/c1-4-7-10-13-16-19-22-25-28-30-32-34-36-39-42-45-48-51-54-57-60-68-61-63(70-65(67)59-56-53-50-47-44-41-37-27-24-21-18-15-12-9-6-3)62-69-64(66)58-55-52-49-46-43-40-38-35-33-31-29-26-23-20-17-14-11-8-5-2/h8-9,11-12,16-21,25-29,33,35,37,40,43,63H,4-7,10,13-15,22-24,30-32,34,36,38-39,41-42,44-62H2,1-3H3/b11-8-,12-9-,19-16-,20-17-,21-18-,28-25-,29-26-,35-33-,37-27-,43-40-. The van der Waals surface area contributed by atoms with Gasteiger partial charge >= 0.3 is 11.9 Å². The second-order valence-electron chi connectivity index (χ2n) is 18.8. The molecule has 0 spiro atoms. The number of unbranched alkanes of at least 4 members (excludes halogenated alkanes) is 21. The van der Waals surface area contributed by atoms with Crippen molar-refractivity contribution in [3.05, 3.63) is 122 Å². The van der Waals surface area contributed by atoms with Gasteiger partial charge in [0.2, 0.25) is 0 Å². The molecular formula is C65H108O5. The molecule has 0 aliphatic carbocycles. The zero-order chi connectivity index (χ0) is 50.6. The fraction of sp³-hybridized carbons (Fsp3) is 0.662. The first-order valence-corrected chi connectivity index (χ1v) is 29.1. The molecule has 0 bridgehead atoms. The van der Waals surface area contributed by atoms with E-state index in [1.807, 2.05) is 0 Å². The lowest BCUT2D eigenvalue weighted by Crippen LogP contribution is -2.30. The quantitative estimate of drug-likeness (QED) is 0.0345. The van der Waals surface area contributed by atoms with Gasteiger partial charge in [0.1, 0.15) is 6.61 Å². The molecule has 398 valence electrons. The Morgan fingerprint density at radius 3 is 1.04 bits per heavy atom. The maximum absolute atomic E-state index is 12.9. The molecule has 5 nitrogen and oxygen atoms in total. The smallest absolute Gasteiger partial charge is 0.306 e. The third-order valence-corrected chi connectivity index (χ3v) is 12.0. The molecule has 0 aromatic carbocycles.